The van der Waals surface area contributed by atoms with Gasteiger partial charge in [0.05, 0.1) is 11.3 Å². The smallest absolute Gasteiger partial charge is 0.300 e. The number of hydrogen-bond acceptors (Lipinski definition) is 2. The lowest BCUT2D eigenvalue weighted by molar-refractivity contribution is -0.111. The number of nitrogens with one attached hydrogen (secondary N) is 1. The van der Waals surface area contributed by atoms with Gasteiger partial charge in [0.2, 0.25) is 0 Å². The number of rotatable bonds is 2. The maximum atomic E-state index is 11.8. The van der Waals surface area contributed by atoms with Gasteiger partial charge in [-0.05, 0) is 31.2 Å². The van der Waals surface area contributed by atoms with E-state index in [0.717, 1.165) is 11.1 Å². The summed E-state index contributed by atoms with van der Waals surface area (Å²) < 4.78 is 0. The number of carbonyl (C=O) groups is 2. The monoisotopic (exact) mass is 278 g/mol. The van der Waals surface area contributed by atoms with Gasteiger partial charge in [-0.25, -0.2) is 0 Å². The number of primary amides is 1. The second-order valence-corrected chi connectivity index (χ2v) is 4.48. The molecule has 0 aliphatic rings. The quantitative estimate of drug-likeness (QED) is 0.826. The maximum Gasteiger partial charge on any atom is 0.300 e. The highest BCUT2D eigenvalue weighted by atomic mass is 16.2. The van der Waals surface area contributed by atoms with Crippen molar-refractivity contribution in [2.45, 2.75) is 6.92 Å². The summed E-state index contributed by atoms with van der Waals surface area (Å²) in [4.78, 5) is 23.2. The molecule has 0 radical (unpaired) electrons. The van der Waals surface area contributed by atoms with Crippen LogP contribution in [-0.2, 0) is 4.79 Å². The van der Waals surface area contributed by atoms with Crippen molar-refractivity contribution in [3.63, 3.8) is 0 Å². The molecule has 4 nitrogen and oxygen atoms in total. The van der Waals surface area contributed by atoms with Crippen LogP contribution in [0.4, 0.5) is 5.69 Å². The lowest BCUT2D eigenvalue weighted by atomic mass is 10.1. The zero-order valence-electron chi connectivity index (χ0n) is 11.5. The molecule has 2 rings (SSSR count). The van der Waals surface area contributed by atoms with Crippen molar-refractivity contribution < 1.29 is 9.59 Å². The van der Waals surface area contributed by atoms with Crippen LogP contribution < -0.4 is 11.1 Å². The van der Waals surface area contributed by atoms with Crippen molar-refractivity contribution in [1.29, 1.82) is 0 Å². The number of carbonyl (C=O) groups excluding carboxylic acids is 2. The molecular formula is C17H14N2O2. The third kappa shape index (κ3) is 3.95. The van der Waals surface area contributed by atoms with Crippen molar-refractivity contribution in [1.82, 2.24) is 0 Å². The lowest BCUT2D eigenvalue weighted by Crippen LogP contribution is -2.17. The first-order valence-corrected chi connectivity index (χ1v) is 6.35. The minimum absolute atomic E-state index is 0.268. The Balaban J connectivity index is 2.18. The summed E-state index contributed by atoms with van der Waals surface area (Å²) in [5.74, 6) is 4.13. The highest BCUT2D eigenvalue weighted by molar-refractivity contribution is 6.08. The van der Waals surface area contributed by atoms with E-state index in [1.165, 1.54) is 0 Å². The molecule has 0 spiro atoms. The van der Waals surface area contributed by atoms with E-state index in [0.29, 0.717) is 5.69 Å². The SMILES string of the molecule is Cc1ccc(NC(=O)C#Cc2ccccc2)c(C(N)=O)c1. The standard InChI is InChI=1S/C17H14N2O2/c1-12-7-9-15(14(11-12)17(18)21)19-16(20)10-8-13-5-3-2-4-6-13/h2-7,9,11H,1H3,(H2,18,21)(H,19,20). The van der Waals surface area contributed by atoms with Crippen molar-refractivity contribution in [2.75, 3.05) is 5.32 Å². The van der Waals surface area contributed by atoms with Crippen LogP contribution in [0.2, 0.25) is 0 Å². The number of hydrogen-bond donors (Lipinski definition) is 2. The number of aryl methyl sites for hydroxylation is 1. The van der Waals surface area contributed by atoms with Crippen LogP contribution in [0.25, 0.3) is 0 Å². The summed E-state index contributed by atoms with van der Waals surface area (Å²) in [7, 11) is 0. The van der Waals surface area contributed by atoms with E-state index in [1.807, 2.05) is 25.1 Å². The molecule has 0 bridgehead atoms. The van der Waals surface area contributed by atoms with Crippen LogP contribution in [0.3, 0.4) is 0 Å². The van der Waals surface area contributed by atoms with Crippen LogP contribution in [0, 0.1) is 18.8 Å². The Kier molecular flexibility index (Phi) is 4.37. The molecule has 0 saturated heterocycles. The molecule has 0 saturated carbocycles. The largest absolute Gasteiger partial charge is 0.366 e. The van der Waals surface area contributed by atoms with Gasteiger partial charge >= 0.3 is 5.91 Å². The zero-order chi connectivity index (χ0) is 15.2. The fraction of sp³-hybridized carbons (Fsp3) is 0.0588. The van der Waals surface area contributed by atoms with Gasteiger partial charge in [0, 0.05) is 11.5 Å². The number of nitrogens with two attached hydrogens (primary N) is 1. The Morgan fingerprint density at radius 2 is 1.81 bits per heavy atom. The maximum absolute atomic E-state index is 11.8. The van der Waals surface area contributed by atoms with E-state index >= 15 is 0 Å². The van der Waals surface area contributed by atoms with Gasteiger partial charge in [-0.15, -0.1) is 0 Å². The second-order valence-electron chi connectivity index (χ2n) is 4.48. The van der Waals surface area contributed by atoms with E-state index < -0.39 is 11.8 Å². The van der Waals surface area contributed by atoms with Crippen molar-refractivity contribution in [3.8, 4) is 11.8 Å². The van der Waals surface area contributed by atoms with E-state index in [1.54, 1.807) is 30.3 Å². The third-order valence-electron chi connectivity index (χ3n) is 2.78. The fourth-order valence-corrected chi connectivity index (χ4v) is 1.77. The molecule has 104 valence electrons. The summed E-state index contributed by atoms with van der Waals surface area (Å²) in [6.45, 7) is 1.84. The third-order valence-corrected chi connectivity index (χ3v) is 2.78. The molecule has 0 aromatic heterocycles. The average molecular weight is 278 g/mol. The highest BCUT2D eigenvalue weighted by Gasteiger charge is 2.09. The van der Waals surface area contributed by atoms with Crippen LogP contribution in [-0.4, -0.2) is 11.8 Å². The van der Waals surface area contributed by atoms with E-state index in [2.05, 4.69) is 17.2 Å². The molecule has 0 atom stereocenters. The lowest BCUT2D eigenvalue weighted by Gasteiger charge is -2.07. The molecular weight excluding hydrogens is 264 g/mol. The van der Waals surface area contributed by atoms with E-state index in [9.17, 15) is 9.59 Å². The van der Waals surface area contributed by atoms with Crippen molar-refractivity contribution in [2.24, 2.45) is 5.73 Å². The molecule has 0 unspecified atom stereocenters. The average Bonchev–Trinajstić information content (AvgIpc) is 2.48. The first-order valence-electron chi connectivity index (χ1n) is 6.35. The number of anilines is 1. The Hall–Kier alpha value is -3.06. The Bertz CT molecular complexity index is 740. The predicted molar refractivity (Wildman–Crippen MR) is 81.6 cm³/mol. The van der Waals surface area contributed by atoms with Gasteiger partial charge < -0.3 is 11.1 Å². The van der Waals surface area contributed by atoms with Crippen molar-refractivity contribution >= 4 is 17.5 Å². The molecule has 0 aliphatic heterocycles. The molecule has 2 amide bonds. The molecule has 4 heteroatoms. The van der Waals surface area contributed by atoms with Crippen molar-refractivity contribution in [3.05, 3.63) is 65.2 Å². The summed E-state index contributed by atoms with van der Waals surface area (Å²) in [6.07, 6.45) is 0. The van der Waals surface area contributed by atoms with Gasteiger partial charge in [0.1, 0.15) is 0 Å². The van der Waals surface area contributed by atoms with Crippen LogP contribution in [0.15, 0.2) is 48.5 Å². The highest BCUT2D eigenvalue weighted by Crippen LogP contribution is 2.16. The Morgan fingerprint density at radius 1 is 1.10 bits per heavy atom. The summed E-state index contributed by atoms with van der Waals surface area (Å²) >= 11 is 0. The Morgan fingerprint density at radius 3 is 2.48 bits per heavy atom. The molecule has 0 heterocycles. The molecule has 2 aromatic carbocycles. The summed E-state index contributed by atoms with van der Waals surface area (Å²) in [5, 5.41) is 2.58. The second kappa shape index (κ2) is 6.40. The molecule has 3 N–H and O–H groups in total. The first-order chi connectivity index (χ1) is 10.1. The van der Waals surface area contributed by atoms with Crippen LogP contribution >= 0.6 is 0 Å². The number of benzene rings is 2. The molecule has 21 heavy (non-hydrogen) atoms. The van der Waals surface area contributed by atoms with E-state index in [-0.39, 0.29) is 5.56 Å². The normalized spacial score (nSPS) is 9.38. The summed E-state index contributed by atoms with van der Waals surface area (Å²) in [6, 6.07) is 14.2. The zero-order valence-corrected chi connectivity index (χ0v) is 11.5. The van der Waals surface area contributed by atoms with Crippen LogP contribution in [0.1, 0.15) is 21.5 Å². The van der Waals surface area contributed by atoms with Gasteiger partial charge in [-0.1, -0.05) is 35.7 Å². The minimum atomic E-state index is -0.593. The topological polar surface area (TPSA) is 72.2 Å². The minimum Gasteiger partial charge on any atom is -0.366 e. The fourth-order valence-electron chi connectivity index (χ4n) is 1.77. The predicted octanol–water partition coefficient (Wildman–Crippen LogP) is 2.08. The molecule has 0 fully saturated rings. The molecule has 2 aromatic rings. The summed E-state index contributed by atoms with van der Waals surface area (Å²) in [5.41, 5.74) is 7.56. The van der Waals surface area contributed by atoms with Gasteiger partial charge in [-0.2, -0.15) is 0 Å². The van der Waals surface area contributed by atoms with E-state index in [4.69, 9.17) is 5.73 Å². The Labute approximate surface area is 123 Å². The molecule has 0 aliphatic carbocycles. The van der Waals surface area contributed by atoms with Gasteiger partial charge in [-0.3, -0.25) is 9.59 Å². The first kappa shape index (κ1) is 14.4. The van der Waals surface area contributed by atoms with Gasteiger partial charge in [0.15, 0.2) is 0 Å². The van der Waals surface area contributed by atoms with Gasteiger partial charge in [0.25, 0.3) is 5.91 Å². The number of amides is 2. The van der Waals surface area contributed by atoms with Crippen LogP contribution in [0.5, 0.6) is 0 Å².